The van der Waals surface area contributed by atoms with Crippen molar-refractivity contribution in [3.63, 3.8) is 0 Å². The van der Waals surface area contributed by atoms with Crippen LogP contribution in [0, 0.1) is 0 Å². The molecule has 0 saturated carbocycles. The number of ether oxygens (including phenoxy) is 1. The number of nitrogens with one attached hydrogen (secondary N) is 3. The second-order valence-electron chi connectivity index (χ2n) is 8.15. The van der Waals surface area contributed by atoms with Crippen LogP contribution in [0.4, 0.5) is 5.82 Å². The number of aromatic nitrogens is 4. The first-order valence-corrected chi connectivity index (χ1v) is 11.1. The van der Waals surface area contributed by atoms with Crippen molar-refractivity contribution in [2.45, 2.75) is 31.9 Å². The number of H-pyrrole nitrogens is 2. The summed E-state index contributed by atoms with van der Waals surface area (Å²) in [6.45, 7) is 3.70. The highest BCUT2D eigenvalue weighted by molar-refractivity contribution is 6.40. The maximum Gasteiger partial charge on any atom is 0.289 e. The number of imidazole rings is 1. The molecule has 3 heterocycles. The van der Waals surface area contributed by atoms with E-state index < -0.39 is 0 Å². The number of rotatable bonds is 5. The lowest BCUT2D eigenvalue weighted by atomic mass is 10.1. The molecular weight excluding hydrogens is 428 g/mol. The number of carbonyl (C=O) groups is 1. The van der Waals surface area contributed by atoms with Crippen LogP contribution in [0.5, 0.6) is 0 Å². The third-order valence-electron chi connectivity index (χ3n) is 6.17. The normalized spacial score (nSPS) is 16.0. The van der Waals surface area contributed by atoms with Crippen molar-refractivity contribution in [2.24, 2.45) is 0 Å². The van der Waals surface area contributed by atoms with Crippen LogP contribution in [-0.4, -0.2) is 52.4 Å². The SMILES string of the molecule is COC1CCN(c2[nH][nH]c3c(Cl)c4nc(C(=O)N[C@H](C)c5ccccc5)nc4cc23)CC1. The Labute approximate surface area is 190 Å². The van der Waals surface area contributed by atoms with Crippen LogP contribution in [0.25, 0.3) is 21.9 Å². The summed E-state index contributed by atoms with van der Waals surface area (Å²) in [5.41, 5.74) is 2.88. The number of halogens is 1. The van der Waals surface area contributed by atoms with Gasteiger partial charge >= 0.3 is 0 Å². The number of amides is 1. The third kappa shape index (κ3) is 3.69. The van der Waals surface area contributed by atoms with Crippen molar-refractivity contribution in [2.75, 3.05) is 25.1 Å². The molecule has 0 radical (unpaired) electrons. The van der Waals surface area contributed by atoms with Crippen molar-refractivity contribution >= 4 is 45.3 Å². The Bertz CT molecular complexity index is 1260. The monoisotopic (exact) mass is 452 g/mol. The van der Waals surface area contributed by atoms with Gasteiger partial charge in [-0.1, -0.05) is 41.9 Å². The average molecular weight is 453 g/mol. The van der Waals surface area contributed by atoms with E-state index >= 15 is 0 Å². The van der Waals surface area contributed by atoms with Gasteiger partial charge in [0.25, 0.3) is 5.91 Å². The highest BCUT2D eigenvalue weighted by atomic mass is 35.5. The molecule has 2 aromatic carbocycles. The highest BCUT2D eigenvalue weighted by Gasteiger charge is 2.24. The Hall–Kier alpha value is -3.10. The number of aromatic amines is 2. The molecule has 5 rings (SSSR count). The topological polar surface area (TPSA) is 98.9 Å². The van der Waals surface area contributed by atoms with Gasteiger partial charge in [-0.25, -0.2) is 9.97 Å². The number of hydrogen-bond donors (Lipinski definition) is 3. The summed E-state index contributed by atoms with van der Waals surface area (Å²) in [5, 5.41) is 10.8. The first-order chi connectivity index (χ1) is 15.5. The van der Waals surface area contributed by atoms with E-state index in [1.807, 2.05) is 43.3 Å². The summed E-state index contributed by atoms with van der Waals surface area (Å²) >= 11 is 6.67. The van der Waals surface area contributed by atoms with Gasteiger partial charge in [0, 0.05) is 25.6 Å². The molecule has 1 fully saturated rings. The Morgan fingerprint density at radius 2 is 1.97 bits per heavy atom. The number of nitrogens with zero attached hydrogens (tertiary/aromatic N) is 3. The van der Waals surface area contributed by atoms with Gasteiger partial charge in [-0.3, -0.25) is 15.0 Å². The molecule has 2 aromatic heterocycles. The average Bonchev–Trinajstić information content (AvgIpc) is 3.45. The Balaban J connectivity index is 1.44. The summed E-state index contributed by atoms with van der Waals surface area (Å²) in [6.07, 6.45) is 2.23. The van der Waals surface area contributed by atoms with E-state index in [2.05, 4.69) is 30.4 Å². The summed E-state index contributed by atoms with van der Waals surface area (Å²) in [4.78, 5) is 24.0. The van der Waals surface area contributed by atoms with Gasteiger partial charge in [0.15, 0.2) is 0 Å². The number of fused-ring (bicyclic) bond motifs is 2. The minimum atomic E-state index is -0.328. The highest BCUT2D eigenvalue weighted by Crippen LogP contribution is 2.35. The molecular formula is C23H25ClN6O2. The minimum absolute atomic E-state index is 0.115. The number of benzene rings is 2. The number of methoxy groups -OCH3 is 1. The molecule has 32 heavy (non-hydrogen) atoms. The minimum Gasteiger partial charge on any atom is -0.381 e. The van der Waals surface area contributed by atoms with Crippen molar-refractivity contribution in [1.82, 2.24) is 25.5 Å². The fraction of sp³-hybridized carbons (Fsp3) is 0.348. The molecule has 0 aliphatic carbocycles. The van der Waals surface area contributed by atoms with Crippen LogP contribution >= 0.6 is 11.6 Å². The lowest BCUT2D eigenvalue weighted by molar-refractivity contribution is 0.0818. The first kappa shape index (κ1) is 20.8. The Morgan fingerprint density at radius 1 is 1.22 bits per heavy atom. The smallest absolute Gasteiger partial charge is 0.289 e. The molecule has 9 heteroatoms. The van der Waals surface area contributed by atoms with E-state index in [-0.39, 0.29) is 17.8 Å². The number of anilines is 1. The summed E-state index contributed by atoms with van der Waals surface area (Å²) in [6, 6.07) is 11.6. The number of piperidine rings is 1. The van der Waals surface area contributed by atoms with Gasteiger partial charge < -0.3 is 15.0 Å². The van der Waals surface area contributed by atoms with Gasteiger partial charge in [0.1, 0.15) is 11.3 Å². The molecule has 0 unspecified atom stereocenters. The predicted molar refractivity (Wildman–Crippen MR) is 125 cm³/mol. The standard InChI is InChI=1S/C23H25ClN6O2/c1-13(14-6-4-3-5-7-14)25-23(31)21-26-17-12-16-19(18(24)20(17)27-21)28-29-22(16)30-10-8-15(32-2)9-11-30/h3-7,12-13,15,28-29H,8-11H2,1-2H3,(H,25,31)/t13-/m1/s1. The second-order valence-corrected chi connectivity index (χ2v) is 8.53. The number of carbonyl (C=O) groups excluding carboxylic acids is 1. The van der Waals surface area contributed by atoms with Crippen LogP contribution < -0.4 is 10.2 Å². The molecule has 166 valence electrons. The third-order valence-corrected chi connectivity index (χ3v) is 6.54. The summed E-state index contributed by atoms with van der Waals surface area (Å²) < 4.78 is 5.48. The molecule has 1 amide bonds. The summed E-state index contributed by atoms with van der Waals surface area (Å²) in [7, 11) is 1.76. The van der Waals surface area contributed by atoms with E-state index in [1.165, 1.54) is 0 Å². The molecule has 1 atom stereocenters. The fourth-order valence-electron chi connectivity index (χ4n) is 4.31. The van der Waals surface area contributed by atoms with Gasteiger partial charge in [-0.05, 0) is 31.4 Å². The van der Waals surface area contributed by atoms with E-state index in [0.29, 0.717) is 22.2 Å². The quantitative estimate of drug-likeness (QED) is 0.421. The molecule has 3 N–H and O–H groups in total. The van der Waals surface area contributed by atoms with E-state index in [1.54, 1.807) is 7.11 Å². The lowest BCUT2D eigenvalue weighted by Crippen LogP contribution is -2.36. The van der Waals surface area contributed by atoms with Gasteiger partial charge in [0.05, 0.1) is 28.2 Å². The van der Waals surface area contributed by atoms with E-state index in [4.69, 9.17) is 16.3 Å². The molecule has 0 spiro atoms. The second kappa shape index (κ2) is 8.44. The zero-order valence-electron chi connectivity index (χ0n) is 18.0. The van der Waals surface area contributed by atoms with Crippen molar-refractivity contribution < 1.29 is 9.53 Å². The van der Waals surface area contributed by atoms with Crippen molar-refractivity contribution in [3.8, 4) is 0 Å². The fourth-order valence-corrected chi connectivity index (χ4v) is 4.60. The first-order valence-electron chi connectivity index (χ1n) is 10.7. The van der Waals surface area contributed by atoms with Crippen LogP contribution in [0.15, 0.2) is 36.4 Å². The van der Waals surface area contributed by atoms with Crippen molar-refractivity contribution in [3.05, 3.63) is 52.8 Å². The molecule has 8 nitrogen and oxygen atoms in total. The van der Waals surface area contributed by atoms with E-state index in [0.717, 1.165) is 48.2 Å². The molecule has 1 aliphatic rings. The van der Waals surface area contributed by atoms with Crippen LogP contribution in [0.2, 0.25) is 5.02 Å². The van der Waals surface area contributed by atoms with Gasteiger partial charge in [-0.2, -0.15) is 0 Å². The van der Waals surface area contributed by atoms with Crippen LogP contribution in [0.1, 0.15) is 42.0 Å². The maximum absolute atomic E-state index is 12.8. The molecule has 4 aromatic rings. The zero-order chi connectivity index (χ0) is 22.2. The molecule has 0 bridgehead atoms. The van der Waals surface area contributed by atoms with Crippen LogP contribution in [-0.2, 0) is 4.74 Å². The largest absolute Gasteiger partial charge is 0.381 e. The maximum atomic E-state index is 12.8. The van der Waals surface area contributed by atoms with Crippen LogP contribution in [0.3, 0.4) is 0 Å². The number of hydrogen-bond acceptors (Lipinski definition) is 5. The summed E-state index contributed by atoms with van der Waals surface area (Å²) in [5.74, 6) is 0.750. The van der Waals surface area contributed by atoms with E-state index in [9.17, 15) is 4.79 Å². The lowest BCUT2D eigenvalue weighted by Gasteiger charge is -2.31. The predicted octanol–water partition coefficient (Wildman–Crippen LogP) is 4.20. The molecule has 1 saturated heterocycles. The Kier molecular flexibility index (Phi) is 5.48. The zero-order valence-corrected chi connectivity index (χ0v) is 18.7. The van der Waals surface area contributed by atoms with Gasteiger partial charge in [0.2, 0.25) is 5.82 Å². The Morgan fingerprint density at radius 3 is 2.69 bits per heavy atom. The van der Waals surface area contributed by atoms with Gasteiger partial charge in [-0.15, -0.1) is 0 Å². The molecule has 1 aliphatic heterocycles. The van der Waals surface area contributed by atoms with Crippen molar-refractivity contribution in [1.29, 1.82) is 0 Å².